The molecule has 2 aliphatic rings. The number of rotatable bonds is 2. The van der Waals surface area contributed by atoms with Gasteiger partial charge >= 0.3 is 5.97 Å². The van der Waals surface area contributed by atoms with Crippen molar-refractivity contribution < 1.29 is 9.53 Å². The molecule has 0 radical (unpaired) electrons. The standard InChI is InChI=1S/C11H16O2/c1-2-13-11(12)7-9-6-8-4-3-5-10(8)9/h7-8,10H,2-6H2,1H3/b9-7+/t8-,10-/m0/s1. The van der Waals surface area contributed by atoms with Crippen LogP contribution in [0.1, 0.15) is 32.6 Å². The summed E-state index contributed by atoms with van der Waals surface area (Å²) in [6.45, 7) is 2.33. The molecule has 2 heteroatoms. The van der Waals surface area contributed by atoms with Gasteiger partial charge in [0.2, 0.25) is 0 Å². The predicted octanol–water partition coefficient (Wildman–Crippen LogP) is 2.30. The lowest BCUT2D eigenvalue weighted by Crippen LogP contribution is -2.24. The zero-order valence-electron chi connectivity index (χ0n) is 8.08. The van der Waals surface area contributed by atoms with Crippen LogP contribution in [-0.2, 0) is 9.53 Å². The van der Waals surface area contributed by atoms with Crippen molar-refractivity contribution in [3.8, 4) is 0 Å². The van der Waals surface area contributed by atoms with Gasteiger partial charge in [-0.05, 0) is 38.0 Å². The molecule has 0 unspecified atom stereocenters. The molecule has 0 spiro atoms. The van der Waals surface area contributed by atoms with E-state index < -0.39 is 0 Å². The molecule has 0 amide bonds. The first-order valence-corrected chi connectivity index (χ1v) is 5.18. The Hall–Kier alpha value is -0.790. The molecule has 0 heterocycles. The molecule has 0 N–H and O–H groups in total. The van der Waals surface area contributed by atoms with E-state index in [1.54, 1.807) is 6.08 Å². The zero-order chi connectivity index (χ0) is 9.26. The number of hydrogen-bond donors (Lipinski definition) is 0. The Morgan fingerprint density at radius 3 is 3.15 bits per heavy atom. The van der Waals surface area contributed by atoms with Crippen LogP contribution in [0.25, 0.3) is 0 Å². The highest BCUT2D eigenvalue weighted by Crippen LogP contribution is 2.50. The average molecular weight is 180 g/mol. The van der Waals surface area contributed by atoms with Crippen LogP contribution in [0.3, 0.4) is 0 Å². The van der Waals surface area contributed by atoms with Gasteiger partial charge < -0.3 is 4.74 Å². The predicted molar refractivity (Wildman–Crippen MR) is 50.2 cm³/mol. The van der Waals surface area contributed by atoms with Crippen molar-refractivity contribution in [3.05, 3.63) is 11.6 Å². The minimum absolute atomic E-state index is 0.150. The van der Waals surface area contributed by atoms with E-state index in [-0.39, 0.29) is 5.97 Å². The number of allylic oxidation sites excluding steroid dienone is 1. The second-order valence-electron chi connectivity index (χ2n) is 3.97. The number of fused-ring (bicyclic) bond motifs is 1. The molecule has 0 aromatic carbocycles. The Morgan fingerprint density at radius 2 is 2.46 bits per heavy atom. The number of hydrogen-bond acceptors (Lipinski definition) is 2. The summed E-state index contributed by atoms with van der Waals surface area (Å²) in [6.07, 6.45) is 6.86. The molecule has 13 heavy (non-hydrogen) atoms. The molecule has 2 nitrogen and oxygen atoms in total. The van der Waals surface area contributed by atoms with Crippen LogP contribution >= 0.6 is 0 Å². The second kappa shape index (κ2) is 3.52. The first-order chi connectivity index (χ1) is 6.31. The summed E-state index contributed by atoms with van der Waals surface area (Å²) >= 11 is 0. The molecule has 0 saturated heterocycles. The first kappa shape index (κ1) is 8.79. The Morgan fingerprint density at radius 1 is 1.62 bits per heavy atom. The van der Waals surface area contributed by atoms with E-state index in [4.69, 9.17) is 4.74 Å². The maximum Gasteiger partial charge on any atom is 0.330 e. The fraction of sp³-hybridized carbons (Fsp3) is 0.727. The van der Waals surface area contributed by atoms with E-state index in [2.05, 4.69) is 0 Å². The number of ether oxygens (including phenoxy) is 1. The molecule has 2 aliphatic carbocycles. The molecular formula is C11H16O2. The lowest BCUT2D eigenvalue weighted by atomic mass is 9.71. The third kappa shape index (κ3) is 1.62. The van der Waals surface area contributed by atoms with Crippen molar-refractivity contribution in [1.82, 2.24) is 0 Å². The largest absolute Gasteiger partial charge is 0.463 e. The van der Waals surface area contributed by atoms with Crippen LogP contribution in [0.5, 0.6) is 0 Å². The summed E-state index contributed by atoms with van der Waals surface area (Å²) < 4.78 is 4.88. The van der Waals surface area contributed by atoms with Crippen LogP contribution in [0.15, 0.2) is 11.6 Å². The first-order valence-electron chi connectivity index (χ1n) is 5.18. The van der Waals surface area contributed by atoms with Crippen LogP contribution in [0.4, 0.5) is 0 Å². The van der Waals surface area contributed by atoms with Gasteiger partial charge in [0, 0.05) is 6.08 Å². The third-order valence-corrected chi connectivity index (χ3v) is 3.22. The molecule has 2 saturated carbocycles. The quantitative estimate of drug-likeness (QED) is 0.481. The van der Waals surface area contributed by atoms with Gasteiger partial charge in [-0.3, -0.25) is 0 Å². The van der Waals surface area contributed by atoms with Gasteiger partial charge in [0.05, 0.1) is 6.61 Å². The number of carbonyl (C=O) groups is 1. The van der Waals surface area contributed by atoms with Crippen molar-refractivity contribution in [3.63, 3.8) is 0 Å². The second-order valence-corrected chi connectivity index (χ2v) is 3.97. The maximum atomic E-state index is 11.1. The summed E-state index contributed by atoms with van der Waals surface area (Å²) in [5, 5.41) is 0. The SMILES string of the molecule is CCOC(=O)/C=C1\C[C@@H]2CCC[C@H]12. The Bertz CT molecular complexity index is 242. The van der Waals surface area contributed by atoms with E-state index in [1.165, 1.54) is 24.8 Å². The van der Waals surface area contributed by atoms with Crippen molar-refractivity contribution >= 4 is 5.97 Å². The van der Waals surface area contributed by atoms with Crippen molar-refractivity contribution in [2.75, 3.05) is 6.61 Å². The summed E-state index contributed by atoms with van der Waals surface area (Å²) in [6, 6.07) is 0. The van der Waals surface area contributed by atoms with Crippen LogP contribution in [0, 0.1) is 11.8 Å². The van der Waals surface area contributed by atoms with E-state index in [1.807, 2.05) is 6.92 Å². The normalized spacial score (nSPS) is 34.1. The summed E-state index contributed by atoms with van der Waals surface area (Å²) in [4.78, 5) is 11.1. The van der Waals surface area contributed by atoms with E-state index in [9.17, 15) is 4.79 Å². The van der Waals surface area contributed by atoms with Gasteiger partial charge in [0.1, 0.15) is 0 Å². The van der Waals surface area contributed by atoms with Gasteiger partial charge in [0.25, 0.3) is 0 Å². The summed E-state index contributed by atoms with van der Waals surface area (Å²) in [7, 11) is 0. The van der Waals surface area contributed by atoms with Gasteiger partial charge in [0.15, 0.2) is 0 Å². The van der Waals surface area contributed by atoms with E-state index >= 15 is 0 Å². The van der Waals surface area contributed by atoms with Crippen LogP contribution < -0.4 is 0 Å². The minimum Gasteiger partial charge on any atom is -0.463 e. The molecular weight excluding hydrogens is 164 g/mol. The van der Waals surface area contributed by atoms with E-state index in [0.717, 1.165) is 18.3 Å². The van der Waals surface area contributed by atoms with Crippen molar-refractivity contribution in [2.24, 2.45) is 11.8 Å². The van der Waals surface area contributed by atoms with Gasteiger partial charge in [-0.25, -0.2) is 4.79 Å². The molecule has 0 aromatic rings. The fourth-order valence-corrected chi connectivity index (χ4v) is 2.56. The Balaban J connectivity index is 1.91. The van der Waals surface area contributed by atoms with Gasteiger partial charge in [-0.15, -0.1) is 0 Å². The summed E-state index contributed by atoms with van der Waals surface area (Å²) in [5.41, 5.74) is 1.33. The number of carbonyl (C=O) groups excluding carboxylic acids is 1. The fourth-order valence-electron chi connectivity index (χ4n) is 2.56. The molecule has 72 valence electrons. The number of esters is 1. The molecule has 0 bridgehead atoms. The molecule has 2 atom stereocenters. The maximum absolute atomic E-state index is 11.1. The van der Waals surface area contributed by atoms with E-state index in [0.29, 0.717) is 6.61 Å². The third-order valence-electron chi connectivity index (χ3n) is 3.22. The topological polar surface area (TPSA) is 26.3 Å². The molecule has 0 aliphatic heterocycles. The van der Waals surface area contributed by atoms with Crippen molar-refractivity contribution in [1.29, 1.82) is 0 Å². The molecule has 2 rings (SSSR count). The highest BCUT2D eigenvalue weighted by Gasteiger charge is 2.39. The average Bonchev–Trinajstić information content (AvgIpc) is 2.43. The zero-order valence-corrected chi connectivity index (χ0v) is 8.08. The van der Waals surface area contributed by atoms with Gasteiger partial charge in [-0.1, -0.05) is 12.0 Å². The minimum atomic E-state index is -0.150. The Kier molecular flexibility index (Phi) is 2.38. The van der Waals surface area contributed by atoms with Crippen LogP contribution in [-0.4, -0.2) is 12.6 Å². The lowest BCUT2D eigenvalue weighted by Gasteiger charge is -2.33. The molecule has 2 fully saturated rings. The van der Waals surface area contributed by atoms with Gasteiger partial charge in [-0.2, -0.15) is 0 Å². The lowest BCUT2D eigenvalue weighted by molar-refractivity contribution is -0.137. The smallest absolute Gasteiger partial charge is 0.330 e. The summed E-state index contributed by atoms with van der Waals surface area (Å²) in [5.74, 6) is 1.47. The highest BCUT2D eigenvalue weighted by atomic mass is 16.5. The monoisotopic (exact) mass is 180 g/mol. The molecule has 0 aromatic heterocycles. The van der Waals surface area contributed by atoms with Crippen LogP contribution in [0.2, 0.25) is 0 Å². The van der Waals surface area contributed by atoms with Crippen molar-refractivity contribution in [2.45, 2.75) is 32.6 Å². The highest BCUT2D eigenvalue weighted by molar-refractivity contribution is 5.83. The Labute approximate surface area is 79.0 Å².